The number of rotatable bonds is 6. The number of carbonyl (C=O) groups is 1. The molecule has 0 spiro atoms. The number of benzene rings is 2. The third-order valence-corrected chi connectivity index (χ3v) is 6.21. The van der Waals surface area contributed by atoms with Gasteiger partial charge in [0.1, 0.15) is 0 Å². The second kappa shape index (κ2) is 8.77. The second-order valence-corrected chi connectivity index (χ2v) is 8.63. The van der Waals surface area contributed by atoms with Crippen molar-refractivity contribution in [3.8, 4) is 0 Å². The van der Waals surface area contributed by atoms with Crippen LogP contribution < -0.4 is 9.62 Å². The van der Waals surface area contributed by atoms with E-state index in [1.165, 1.54) is 18.2 Å². The molecule has 8 heteroatoms. The van der Waals surface area contributed by atoms with Crippen molar-refractivity contribution in [2.24, 2.45) is 0 Å². The molecule has 1 heterocycles. The molecule has 0 bridgehead atoms. The normalized spacial score (nSPS) is 14.8. The Bertz CT molecular complexity index is 970. The first-order valence-corrected chi connectivity index (χ1v) is 10.8. The molecule has 0 aromatic heterocycles. The molecule has 2 aromatic rings. The fourth-order valence-corrected chi connectivity index (χ4v) is 4.30. The van der Waals surface area contributed by atoms with Crippen LogP contribution in [0.4, 0.5) is 5.69 Å². The number of nitrogens with one attached hydrogen (secondary N) is 1. The minimum absolute atomic E-state index is 0.0674. The van der Waals surface area contributed by atoms with Gasteiger partial charge in [0.05, 0.1) is 4.90 Å². The highest BCUT2D eigenvalue weighted by Gasteiger charge is 2.23. The van der Waals surface area contributed by atoms with E-state index in [9.17, 15) is 13.2 Å². The standard InChI is InChI=1S/C20H22ClN3O3S/c1-2-9-22-28(26,27)19-8-3-5-16(14-19)20(25)24-12-10-23(11-13-24)18-7-4-6-17(21)15-18/h2-8,14-15,22H,1,9-13H2. The molecule has 1 amide bonds. The van der Waals surface area contributed by atoms with Crippen molar-refractivity contribution in [3.05, 3.63) is 71.8 Å². The van der Waals surface area contributed by atoms with E-state index in [4.69, 9.17) is 11.6 Å². The monoisotopic (exact) mass is 419 g/mol. The summed E-state index contributed by atoms with van der Waals surface area (Å²) >= 11 is 6.06. The van der Waals surface area contributed by atoms with E-state index in [-0.39, 0.29) is 17.3 Å². The van der Waals surface area contributed by atoms with E-state index >= 15 is 0 Å². The molecule has 1 aliphatic rings. The van der Waals surface area contributed by atoms with Crippen LogP contribution in [0.3, 0.4) is 0 Å². The predicted octanol–water partition coefficient (Wildman–Crippen LogP) is 2.77. The molecule has 1 saturated heterocycles. The SMILES string of the molecule is C=CCNS(=O)(=O)c1cccc(C(=O)N2CCN(c3cccc(Cl)c3)CC2)c1. The maximum absolute atomic E-state index is 12.8. The predicted molar refractivity (Wildman–Crippen MR) is 111 cm³/mol. The van der Waals surface area contributed by atoms with Gasteiger partial charge in [0, 0.05) is 49.0 Å². The zero-order chi connectivity index (χ0) is 20.1. The van der Waals surface area contributed by atoms with Crippen LogP contribution in [-0.4, -0.2) is 51.9 Å². The number of hydrogen-bond donors (Lipinski definition) is 1. The molecule has 2 aromatic carbocycles. The summed E-state index contributed by atoms with van der Waals surface area (Å²) in [5.74, 6) is -0.175. The Morgan fingerprint density at radius 1 is 1.11 bits per heavy atom. The molecule has 1 aliphatic heterocycles. The summed E-state index contributed by atoms with van der Waals surface area (Å²) in [6, 6.07) is 13.7. The molecule has 0 unspecified atom stereocenters. The van der Waals surface area contributed by atoms with Gasteiger partial charge in [0.2, 0.25) is 10.0 Å². The Morgan fingerprint density at radius 2 is 1.82 bits per heavy atom. The first-order valence-electron chi connectivity index (χ1n) is 8.91. The van der Waals surface area contributed by atoms with E-state index in [0.717, 1.165) is 5.69 Å². The second-order valence-electron chi connectivity index (χ2n) is 6.43. The number of amides is 1. The van der Waals surface area contributed by atoms with Crippen LogP contribution in [0.25, 0.3) is 0 Å². The number of nitrogens with zero attached hydrogens (tertiary/aromatic N) is 2. The number of sulfonamides is 1. The van der Waals surface area contributed by atoms with Crippen molar-refractivity contribution in [3.63, 3.8) is 0 Å². The van der Waals surface area contributed by atoms with Crippen molar-refractivity contribution in [2.75, 3.05) is 37.6 Å². The third-order valence-electron chi connectivity index (χ3n) is 4.55. The molecule has 0 radical (unpaired) electrons. The maximum Gasteiger partial charge on any atom is 0.254 e. The topological polar surface area (TPSA) is 69.7 Å². The van der Waals surface area contributed by atoms with Crippen molar-refractivity contribution >= 4 is 33.2 Å². The highest BCUT2D eigenvalue weighted by atomic mass is 35.5. The molecule has 6 nitrogen and oxygen atoms in total. The van der Waals surface area contributed by atoms with Crippen LogP contribution in [-0.2, 0) is 10.0 Å². The van der Waals surface area contributed by atoms with Gasteiger partial charge >= 0.3 is 0 Å². The van der Waals surface area contributed by atoms with E-state index in [1.807, 2.05) is 24.3 Å². The molecule has 28 heavy (non-hydrogen) atoms. The fraction of sp³-hybridized carbons (Fsp3) is 0.250. The minimum atomic E-state index is -3.67. The molecular formula is C20H22ClN3O3S. The van der Waals surface area contributed by atoms with Gasteiger partial charge in [-0.05, 0) is 36.4 Å². The lowest BCUT2D eigenvalue weighted by molar-refractivity contribution is 0.0746. The van der Waals surface area contributed by atoms with E-state index in [0.29, 0.717) is 36.8 Å². The van der Waals surface area contributed by atoms with Gasteiger partial charge in [0.15, 0.2) is 0 Å². The number of piperazine rings is 1. The number of carbonyl (C=O) groups excluding carboxylic acids is 1. The zero-order valence-corrected chi connectivity index (χ0v) is 16.9. The Balaban J connectivity index is 1.68. The van der Waals surface area contributed by atoms with Crippen LogP contribution in [0.2, 0.25) is 5.02 Å². The molecule has 0 aliphatic carbocycles. The Labute approximate surface area is 170 Å². The summed E-state index contributed by atoms with van der Waals surface area (Å²) in [5.41, 5.74) is 1.39. The van der Waals surface area contributed by atoms with Crippen molar-refractivity contribution in [2.45, 2.75) is 4.90 Å². The maximum atomic E-state index is 12.8. The highest BCUT2D eigenvalue weighted by Crippen LogP contribution is 2.21. The molecule has 1 N–H and O–H groups in total. The van der Waals surface area contributed by atoms with E-state index in [1.54, 1.807) is 17.0 Å². The van der Waals surface area contributed by atoms with Crippen LogP contribution in [0.1, 0.15) is 10.4 Å². The van der Waals surface area contributed by atoms with Crippen LogP contribution >= 0.6 is 11.6 Å². The number of halogens is 1. The number of anilines is 1. The van der Waals surface area contributed by atoms with Gasteiger partial charge in [0.25, 0.3) is 5.91 Å². The van der Waals surface area contributed by atoms with Gasteiger partial charge in [-0.3, -0.25) is 4.79 Å². The molecule has 0 saturated carbocycles. The summed E-state index contributed by atoms with van der Waals surface area (Å²) < 4.78 is 26.9. The van der Waals surface area contributed by atoms with Crippen molar-refractivity contribution in [1.29, 1.82) is 0 Å². The molecule has 0 atom stereocenters. The molecular weight excluding hydrogens is 398 g/mol. The summed E-state index contributed by atoms with van der Waals surface area (Å²) in [4.78, 5) is 16.8. The van der Waals surface area contributed by atoms with Crippen molar-refractivity contribution < 1.29 is 13.2 Å². The lowest BCUT2D eigenvalue weighted by Gasteiger charge is -2.36. The third kappa shape index (κ3) is 4.73. The van der Waals surface area contributed by atoms with Gasteiger partial charge in [-0.2, -0.15) is 0 Å². The van der Waals surface area contributed by atoms with Gasteiger partial charge in [-0.15, -0.1) is 6.58 Å². The summed E-state index contributed by atoms with van der Waals surface area (Å²) in [6.45, 7) is 6.11. The lowest BCUT2D eigenvalue weighted by Crippen LogP contribution is -2.48. The lowest BCUT2D eigenvalue weighted by atomic mass is 10.1. The van der Waals surface area contributed by atoms with Crippen molar-refractivity contribution in [1.82, 2.24) is 9.62 Å². The Hall–Kier alpha value is -2.35. The van der Waals surface area contributed by atoms with Crippen LogP contribution in [0.15, 0.2) is 66.1 Å². The fourth-order valence-electron chi connectivity index (χ4n) is 3.07. The summed E-state index contributed by atoms with van der Waals surface area (Å²) in [7, 11) is -3.67. The first kappa shape index (κ1) is 20.4. The molecule has 148 valence electrons. The smallest absolute Gasteiger partial charge is 0.254 e. The average molecular weight is 420 g/mol. The zero-order valence-electron chi connectivity index (χ0n) is 15.3. The summed E-state index contributed by atoms with van der Waals surface area (Å²) in [5, 5.41) is 0.680. The van der Waals surface area contributed by atoms with E-state index in [2.05, 4.69) is 16.2 Å². The molecule has 1 fully saturated rings. The van der Waals surface area contributed by atoms with Crippen LogP contribution in [0.5, 0.6) is 0 Å². The van der Waals surface area contributed by atoms with Gasteiger partial charge in [-0.1, -0.05) is 29.8 Å². The summed E-state index contributed by atoms with van der Waals surface area (Å²) in [6.07, 6.45) is 1.46. The first-order chi connectivity index (χ1) is 13.4. The van der Waals surface area contributed by atoms with Crippen LogP contribution in [0, 0.1) is 0 Å². The van der Waals surface area contributed by atoms with E-state index < -0.39 is 10.0 Å². The Kier molecular flexibility index (Phi) is 6.39. The average Bonchev–Trinajstić information content (AvgIpc) is 2.72. The Morgan fingerprint density at radius 3 is 2.50 bits per heavy atom. The highest BCUT2D eigenvalue weighted by molar-refractivity contribution is 7.89. The largest absolute Gasteiger partial charge is 0.368 e. The van der Waals surface area contributed by atoms with Gasteiger partial charge in [-0.25, -0.2) is 13.1 Å². The molecule has 3 rings (SSSR count). The quantitative estimate of drug-likeness (QED) is 0.731. The number of hydrogen-bond acceptors (Lipinski definition) is 4. The minimum Gasteiger partial charge on any atom is -0.368 e. The van der Waals surface area contributed by atoms with Gasteiger partial charge < -0.3 is 9.80 Å².